The Morgan fingerprint density at radius 2 is 2.22 bits per heavy atom. The third kappa shape index (κ3) is 1.82. The molecule has 0 atom stereocenters. The summed E-state index contributed by atoms with van der Waals surface area (Å²) in [6.45, 7) is 0. The summed E-state index contributed by atoms with van der Waals surface area (Å²) in [5.74, 6) is 0.240. The van der Waals surface area contributed by atoms with Crippen molar-refractivity contribution in [2.24, 2.45) is 0 Å². The number of amides is 1. The van der Waals surface area contributed by atoms with Crippen molar-refractivity contribution < 1.29 is 4.79 Å². The number of hydrogen-bond donors (Lipinski definition) is 3. The van der Waals surface area contributed by atoms with Crippen molar-refractivity contribution >= 4 is 38.8 Å². The van der Waals surface area contributed by atoms with Gasteiger partial charge in [0.05, 0.1) is 16.8 Å². The van der Waals surface area contributed by atoms with Crippen LogP contribution in [0.1, 0.15) is 9.67 Å². The number of hydrogen-bond acceptors (Lipinski definition) is 4. The second kappa shape index (κ2) is 4.15. The zero-order chi connectivity index (χ0) is 12.5. The minimum atomic E-state index is -0.188. The highest BCUT2D eigenvalue weighted by Crippen LogP contribution is 2.26. The molecule has 0 saturated heterocycles. The first-order valence-electron chi connectivity index (χ1n) is 5.33. The van der Waals surface area contributed by atoms with Gasteiger partial charge >= 0.3 is 0 Å². The Hall–Kier alpha value is -2.34. The van der Waals surface area contributed by atoms with Gasteiger partial charge in [-0.25, -0.2) is 0 Å². The normalized spacial score (nSPS) is 10.7. The molecule has 6 heteroatoms. The van der Waals surface area contributed by atoms with Crippen LogP contribution >= 0.6 is 11.3 Å². The SMILES string of the molecule is Nc1cn[nH]c1NC(=O)c1cc2ccccc2s1. The Morgan fingerprint density at radius 1 is 1.39 bits per heavy atom. The van der Waals surface area contributed by atoms with Crippen molar-refractivity contribution in [3.8, 4) is 0 Å². The maximum atomic E-state index is 12.0. The number of carbonyl (C=O) groups excluding carboxylic acids is 1. The van der Waals surface area contributed by atoms with Gasteiger partial charge in [0.25, 0.3) is 5.91 Å². The van der Waals surface area contributed by atoms with Gasteiger partial charge in [-0.15, -0.1) is 11.3 Å². The van der Waals surface area contributed by atoms with E-state index >= 15 is 0 Å². The molecule has 90 valence electrons. The summed E-state index contributed by atoms with van der Waals surface area (Å²) >= 11 is 1.45. The fraction of sp³-hybridized carbons (Fsp3) is 0. The molecule has 18 heavy (non-hydrogen) atoms. The van der Waals surface area contributed by atoms with Gasteiger partial charge in [0.15, 0.2) is 5.82 Å². The minimum absolute atomic E-state index is 0.188. The van der Waals surface area contributed by atoms with Crippen molar-refractivity contribution in [1.29, 1.82) is 0 Å². The summed E-state index contributed by atoms with van der Waals surface area (Å²) in [5.41, 5.74) is 6.06. The fourth-order valence-electron chi connectivity index (χ4n) is 1.66. The van der Waals surface area contributed by atoms with Crippen LogP contribution in [-0.4, -0.2) is 16.1 Å². The number of aromatic nitrogens is 2. The quantitative estimate of drug-likeness (QED) is 0.660. The number of thiophene rings is 1. The highest BCUT2D eigenvalue weighted by molar-refractivity contribution is 7.20. The van der Waals surface area contributed by atoms with Crippen molar-refractivity contribution in [2.45, 2.75) is 0 Å². The van der Waals surface area contributed by atoms with E-state index in [1.165, 1.54) is 17.5 Å². The number of nitrogens with two attached hydrogens (primary N) is 1. The lowest BCUT2D eigenvalue weighted by atomic mass is 10.2. The minimum Gasteiger partial charge on any atom is -0.394 e. The summed E-state index contributed by atoms with van der Waals surface area (Å²) in [5, 5.41) is 10.1. The van der Waals surface area contributed by atoms with Crippen LogP contribution in [0.2, 0.25) is 0 Å². The van der Waals surface area contributed by atoms with Crippen LogP contribution in [0.4, 0.5) is 11.5 Å². The van der Waals surface area contributed by atoms with Crippen LogP contribution in [-0.2, 0) is 0 Å². The zero-order valence-corrected chi connectivity index (χ0v) is 10.1. The largest absolute Gasteiger partial charge is 0.394 e. The van der Waals surface area contributed by atoms with E-state index in [2.05, 4.69) is 15.5 Å². The highest BCUT2D eigenvalue weighted by atomic mass is 32.1. The number of aromatic amines is 1. The molecule has 0 fully saturated rings. The van der Waals surface area contributed by atoms with Gasteiger partial charge in [0, 0.05) is 4.70 Å². The molecule has 3 rings (SSSR count). The van der Waals surface area contributed by atoms with Gasteiger partial charge in [-0.05, 0) is 17.5 Å². The van der Waals surface area contributed by atoms with Gasteiger partial charge in [0.2, 0.25) is 0 Å². The van der Waals surface area contributed by atoms with E-state index in [1.54, 1.807) is 0 Å². The number of benzene rings is 1. The van der Waals surface area contributed by atoms with E-state index < -0.39 is 0 Å². The number of nitrogens with zero attached hydrogens (tertiary/aromatic N) is 1. The molecule has 2 aromatic heterocycles. The van der Waals surface area contributed by atoms with Gasteiger partial charge in [0.1, 0.15) is 0 Å². The van der Waals surface area contributed by atoms with Gasteiger partial charge in [-0.1, -0.05) is 18.2 Å². The molecule has 4 N–H and O–H groups in total. The van der Waals surface area contributed by atoms with Crippen LogP contribution in [0.3, 0.4) is 0 Å². The first-order valence-corrected chi connectivity index (χ1v) is 6.14. The second-order valence-electron chi connectivity index (χ2n) is 3.80. The maximum absolute atomic E-state index is 12.0. The predicted octanol–water partition coefficient (Wildman–Crippen LogP) is 2.46. The fourth-order valence-corrected chi connectivity index (χ4v) is 2.62. The molecule has 0 bridgehead atoms. The van der Waals surface area contributed by atoms with E-state index in [4.69, 9.17) is 5.73 Å². The summed E-state index contributed by atoms with van der Waals surface area (Å²) in [6.07, 6.45) is 1.46. The first kappa shape index (κ1) is 10.8. The van der Waals surface area contributed by atoms with E-state index in [9.17, 15) is 4.79 Å². The molecule has 0 aliphatic rings. The zero-order valence-electron chi connectivity index (χ0n) is 9.31. The third-order valence-corrected chi connectivity index (χ3v) is 3.67. The van der Waals surface area contributed by atoms with Crippen molar-refractivity contribution in [2.75, 3.05) is 11.1 Å². The van der Waals surface area contributed by atoms with E-state index in [1.807, 2.05) is 30.3 Å². The Labute approximate surface area is 107 Å². The summed E-state index contributed by atoms with van der Waals surface area (Å²) in [6, 6.07) is 9.73. The molecule has 0 spiro atoms. The highest BCUT2D eigenvalue weighted by Gasteiger charge is 2.12. The number of nitrogens with one attached hydrogen (secondary N) is 2. The summed E-state index contributed by atoms with van der Waals surface area (Å²) in [7, 11) is 0. The van der Waals surface area contributed by atoms with E-state index in [-0.39, 0.29) is 5.91 Å². The number of carbonyl (C=O) groups is 1. The smallest absolute Gasteiger partial charge is 0.266 e. The molecule has 0 saturated carbocycles. The van der Waals surface area contributed by atoms with Gasteiger partial charge in [-0.3, -0.25) is 9.89 Å². The van der Waals surface area contributed by atoms with Crippen molar-refractivity contribution in [1.82, 2.24) is 10.2 Å². The molecule has 1 amide bonds. The van der Waals surface area contributed by atoms with Crippen LogP contribution in [0.15, 0.2) is 36.5 Å². The lowest BCUT2D eigenvalue weighted by Gasteiger charge is -2.00. The molecule has 2 heterocycles. The Kier molecular flexibility index (Phi) is 2.49. The molecule has 0 aliphatic heterocycles. The lowest BCUT2D eigenvalue weighted by Crippen LogP contribution is -2.11. The third-order valence-electron chi connectivity index (χ3n) is 2.56. The number of nitrogen functional groups attached to an aromatic ring is 1. The Bertz CT molecular complexity index is 683. The van der Waals surface area contributed by atoms with Crippen molar-refractivity contribution in [3.05, 3.63) is 41.4 Å². The first-order chi connectivity index (χ1) is 8.74. The van der Waals surface area contributed by atoms with E-state index in [0.29, 0.717) is 16.4 Å². The average molecular weight is 258 g/mol. The van der Waals surface area contributed by atoms with Crippen LogP contribution < -0.4 is 11.1 Å². The number of anilines is 2. The van der Waals surface area contributed by atoms with Crippen molar-refractivity contribution in [3.63, 3.8) is 0 Å². The average Bonchev–Trinajstić information content (AvgIpc) is 2.96. The molecule has 0 aliphatic carbocycles. The number of rotatable bonds is 2. The van der Waals surface area contributed by atoms with Crippen LogP contribution in [0.25, 0.3) is 10.1 Å². The predicted molar refractivity (Wildman–Crippen MR) is 72.8 cm³/mol. The summed E-state index contributed by atoms with van der Waals surface area (Å²) in [4.78, 5) is 12.7. The monoisotopic (exact) mass is 258 g/mol. The van der Waals surface area contributed by atoms with Gasteiger partial charge < -0.3 is 11.1 Å². The molecule has 1 aromatic carbocycles. The van der Waals surface area contributed by atoms with Crippen LogP contribution in [0.5, 0.6) is 0 Å². The molecular weight excluding hydrogens is 248 g/mol. The summed E-state index contributed by atoms with van der Waals surface area (Å²) < 4.78 is 1.08. The standard InChI is InChI=1S/C12H10N4OS/c13-8-6-14-16-11(8)15-12(17)10-5-7-3-1-2-4-9(7)18-10/h1-6H,13H2,(H2,14,15,16,17). The van der Waals surface area contributed by atoms with E-state index in [0.717, 1.165) is 10.1 Å². The number of fused-ring (bicyclic) bond motifs is 1. The molecule has 0 unspecified atom stereocenters. The molecular formula is C12H10N4OS. The maximum Gasteiger partial charge on any atom is 0.266 e. The lowest BCUT2D eigenvalue weighted by molar-refractivity contribution is 0.103. The molecule has 5 nitrogen and oxygen atoms in total. The topological polar surface area (TPSA) is 83.8 Å². The van der Waals surface area contributed by atoms with Gasteiger partial charge in [-0.2, -0.15) is 5.10 Å². The molecule has 3 aromatic rings. The molecule has 0 radical (unpaired) electrons. The second-order valence-corrected chi connectivity index (χ2v) is 4.89. The number of H-pyrrole nitrogens is 1. The van der Waals surface area contributed by atoms with Crippen LogP contribution in [0, 0.1) is 0 Å². The Balaban J connectivity index is 1.90. The Morgan fingerprint density at radius 3 is 2.94 bits per heavy atom.